The lowest BCUT2D eigenvalue weighted by atomic mass is 9.85. The molecule has 2 unspecified atom stereocenters. The number of aliphatic carboxylic acids is 2. The molecule has 3 N–H and O–H groups in total. The molecule has 0 radical (unpaired) electrons. The monoisotopic (exact) mass is 609 g/mol. The third-order valence-electron chi connectivity index (χ3n) is 6.99. The molecule has 0 saturated carbocycles. The molecule has 0 aliphatic heterocycles. The number of benzene rings is 3. The Kier molecular flexibility index (Phi) is 11.0. The Balaban J connectivity index is 1.83. The van der Waals surface area contributed by atoms with Crippen LogP contribution in [0.1, 0.15) is 40.7 Å². The first kappa shape index (κ1) is 33.2. The van der Waals surface area contributed by atoms with Crippen molar-refractivity contribution in [2.24, 2.45) is 11.8 Å². The Morgan fingerprint density at radius 3 is 1.51 bits per heavy atom. The van der Waals surface area contributed by atoms with Crippen LogP contribution in [0.15, 0.2) is 78.9 Å². The molecule has 0 spiro atoms. The molecule has 0 aliphatic rings. The normalized spacial score (nSPS) is 14.0. The minimum atomic E-state index is -4.60. The lowest BCUT2D eigenvalue weighted by Crippen LogP contribution is -2.45. The Labute approximate surface area is 243 Å². The van der Waals surface area contributed by atoms with E-state index in [4.69, 9.17) is 0 Å². The highest BCUT2D eigenvalue weighted by Gasteiger charge is 2.33. The molecule has 1 amide bonds. The van der Waals surface area contributed by atoms with Gasteiger partial charge >= 0.3 is 24.3 Å². The van der Waals surface area contributed by atoms with E-state index in [1.54, 1.807) is 30.3 Å². The van der Waals surface area contributed by atoms with E-state index in [-0.39, 0.29) is 36.8 Å². The number of hydrogen-bond acceptors (Lipinski definition) is 3. The number of nitrogens with one attached hydrogen (secondary N) is 1. The largest absolute Gasteiger partial charge is 0.481 e. The summed E-state index contributed by atoms with van der Waals surface area (Å²) < 4.78 is 77.9. The van der Waals surface area contributed by atoms with Gasteiger partial charge in [0.05, 0.1) is 17.0 Å². The van der Waals surface area contributed by atoms with Gasteiger partial charge in [0.15, 0.2) is 0 Å². The standard InChI is InChI=1S/C31H29F6NO5/c32-30(33,34)24-11-6-20(7-12-24)16-22(27(39)38-26(29(42)43)15-10-19-4-2-1-3-5-19)18-23(28(40)41)17-21-8-13-25(14-9-21)31(35,36)37/h1-9,11-14,22-23,26H,10,15-18H2,(H,38,39)(H,40,41)(H,42,43)/t22?,23?,26-/m1/s1. The summed E-state index contributed by atoms with van der Waals surface area (Å²) in [7, 11) is 0. The molecule has 0 fully saturated rings. The van der Waals surface area contributed by atoms with Gasteiger partial charge in [-0.15, -0.1) is 0 Å². The van der Waals surface area contributed by atoms with Gasteiger partial charge in [0.1, 0.15) is 6.04 Å². The van der Waals surface area contributed by atoms with Crippen LogP contribution in [0.3, 0.4) is 0 Å². The zero-order valence-corrected chi connectivity index (χ0v) is 22.7. The topological polar surface area (TPSA) is 104 Å². The number of carboxylic acids is 2. The van der Waals surface area contributed by atoms with E-state index in [2.05, 4.69) is 5.32 Å². The maximum Gasteiger partial charge on any atom is 0.416 e. The molecule has 12 heteroatoms. The Bertz CT molecular complexity index is 1370. The van der Waals surface area contributed by atoms with Crippen molar-refractivity contribution < 1.29 is 50.9 Å². The summed E-state index contributed by atoms with van der Waals surface area (Å²) in [5, 5.41) is 22.1. The maximum absolute atomic E-state index is 13.4. The van der Waals surface area contributed by atoms with Gasteiger partial charge in [-0.3, -0.25) is 9.59 Å². The second-order valence-corrected chi connectivity index (χ2v) is 10.2. The molecule has 0 aliphatic carbocycles. The van der Waals surface area contributed by atoms with E-state index in [1.165, 1.54) is 0 Å². The summed E-state index contributed by atoms with van der Waals surface area (Å²) in [6.07, 6.45) is -9.64. The van der Waals surface area contributed by atoms with Crippen molar-refractivity contribution in [2.45, 2.75) is 50.5 Å². The second-order valence-electron chi connectivity index (χ2n) is 10.2. The van der Waals surface area contributed by atoms with Crippen molar-refractivity contribution >= 4 is 17.8 Å². The molecule has 230 valence electrons. The van der Waals surface area contributed by atoms with Crippen LogP contribution in [-0.4, -0.2) is 34.1 Å². The van der Waals surface area contributed by atoms with Crippen LogP contribution in [0.25, 0.3) is 0 Å². The molecule has 3 atom stereocenters. The third kappa shape index (κ3) is 10.2. The summed E-state index contributed by atoms with van der Waals surface area (Å²) in [6, 6.07) is 15.4. The highest BCUT2D eigenvalue weighted by atomic mass is 19.4. The number of hydrogen-bond donors (Lipinski definition) is 3. The zero-order chi connectivity index (χ0) is 31.8. The van der Waals surface area contributed by atoms with Gasteiger partial charge < -0.3 is 15.5 Å². The van der Waals surface area contributed by atoms with Gasteiger partial charge in [-0.25, -0.2) is 4.79 Å². The van der Waals surface area contributed by atoms with Gasteiger partial charge in [0, 0.05) is 5.92 Å². The van der Waals surface area contributed by atoms with E-state index in [9.17, 15) is 50.9 Å². The molecular formula is C31H29F6NO5. The van der Waals surface area contributed by atoms with Crippen LogP contribution in [0.2, 0.25) is 0 Å². The molecule has 3 aromatic rings. The quantitative estimate of drug-likeness (QED) is 0.194. The van der Waals surface area contributed by atoms with Crippen LogP contribution in [0, 0.1) is 11.8 Å². The average Bonchev–Trinajstić information content (AvgIpc) is 2.94. The minimum absolute atomic E-state index is 0.0198. The average molecular weight is 610 g/mol. The number of alkyl halides is 6. The predicted molar refractivity (Wildman–Crippen MR) is 144 cm³/mol. The molecule has 3 aromatic carbocycles. The number of aryl methyl sites for hydroxylation is 1. The fraction of sp³-hybridized carbons (Fsp3) is 0.323. The molecule has 0 heterocycles. The fourth-order valence-corrected chi connectivity index (χ4v) is 4.63. The van der Waals surface area contributed by atoms with Gasteiger partial charge in [0.25, 0.3) is 0 Å². The third-order valence-corrected chi connectivity index (χ3v) is 6.99. The van der Waals surface area contributed by atoms with Crippen LogP contribution >= 0.6 is 0 Å². The molecule has 0 bridgehead atoms. The summed E-state index contributed by atoms with van der Waals surface area (Å²) in [5.74, 6) is -5.92. The van der Waals surface area contributed by atoms with Gasteiger partial charge in [-0.1, -0.05) is 54.6 Å². The van der Waals surface area contributed by atoms with E-state index in [1.807, 2.05) is 0 Å². The number of carbonyl (C=O) groups excluding carboxylic acids is 1. The van der Waals surface area contributed by atoms with Crippen molar-refractivity contribution in [3.63, 3.8) is 0 Å². The van der Waals surface area contributed by atoms with Crippen molar-refractivity contribution in [2.75, 3.05) is 0 Å². The van der Waals surface area contributed by atoms with Crippen LogP contribution < -0.4 is 5.32 Å². The van der Waals surface area contributed by atoms with Crippen molar-refractivity contribution in [3.05, 3.63) is 107 Å². The summed E-state index contributed by atoms with van der Waals surface area (Å²) in [4.78, 5) is 37.5. The van der Waals surface area contributed by atoms with Crippen molar-refractivity contribution in [1.29, 1.82) is 0 Å². The predicted octanol–water partition coefficient (Wildman–Crippen LogP) is 6.42. The lowest BCUT2D eigenvalue weighted by molar-refractivity contribution is -0.145. The van der Waals surface area contributed by atoms with Gasteiger partial charge in [0.2, 0.25) is 5.91 Å². The van der Waals surface area contributed by atoms with Gasteiger partial charge in [-0.2, -0.15) is 26.3 Å². The van der Waals surface area contributed by atoms with E-state index in [0.29, 0.717) is 6.42 Å². The Morgan fingerprint density at radius 2 is 1.09 bits per heavy atom. The number of halogens is 6. The smallest absolute Gasteiger partial charge is 0.416 e. The van der Waals surface area contributed by atoms with Crippen LogP contribution in [0.4, 0.5) is 26.3 Å². The number of carbonyl (C=O) groups is 3. The minimum Gasteiger partial charge on any atom is -0.481 e. The second kappa shape index (κ2) is 14.2. The Morgan fingerprint density at radius 1 is 0.628 bits per heavy atom. The highest BCUT2D eigenvalue weighted by molar-refractivity contribution is 5.85. The first-order valence-electron chi connectivity index (χ1n) is 13.3. The first-order chi connectivity index (χ1) is 20.1. The van der Waals surface area contributed by atoms with Crippen LogP contribution in [0.5, 0.6) is 0 Å². The first-order valence-corrected chi connectivity index (χ1v) is 13.3. The van der Waals surface area contributed by atoms with E-state index >= 15 is 0 Å². The van der Waals surface area contributed by atoms with Crippen molar-refractivity contribution in [3.8, 4) is 0 Å². The van der Waals surface area contributed by atoms with E-state index < -0.39 is 59.2 Å². The number of carboxylic acid groups (broad SMARTS) is 2. The molecule has 0 aromatic heterocycles. The maximum atomic E-state index is 13.4. The summed E-state index contributed by atoms with van der Waals surface area (Å²) >= 11 is 0. The summed E-state index contributed by atoms with van der Waals surface area (Å²) in [5.41, 5.74) is -0.470. The molecule has 3 rings (SSSR count). The van der Waals surface area contributed by atoms with Gasteiger partial charge in [-0.05, 0) is 73.1 Å². The van der Waals surface area contributed by atoms with Crippen molar-refractivity contribution in [1.82, 2.24) is 5.32 Å². The highest BCUT2D eigenvalue weighted by Crippen LogP contribution is 2.31. The zero-order valence-electron chi connectivity index (χ0n) is 22.7. The van der Waals surface area contributed by atoms with E-state index in [0.717, 1.165) is 54.1 Å². The fourth-order valence-electron chi connectivity index (χ4n) is 4.63. The molecule has 43 heavy (non-hydrogen) atoms. The lowest BCUT2D eigenvalue weighted by Gasteiger charge is -2.24. The molecule has 0 saturated heterocycles. The summed E-state index contributed by atoms with van der Waals surface area (Å²) in [6.45, 7) is 0. The van der Waals surface area contributed by atoms with Crippen LogP contribution in [-0.2, 0) is 46.0 Å². The number of rotatable bonds is 13. The SMILES string of the molecule is O=C(O)C(Cc1ccc(C(F)(F)F)cc1)CC(Cc1ccc(C(F)(F)F)cc1)C(=O)N[C@H](CCc1ccccc1)C(=O)O. The molecular weight excluding hydrogens is 580 g/mol. The number of amides is 1. The molecule has 6 nitrogen and oxygen atoms in total. The Hall–Kier alpha value is -4.35.